The van der Waals surface area contributed by atoms with Crippen molar-refractivity contribution in [3.63, 3.8) is 0 Å². The van der Waals surface area contributed by atoms with Crippen molar-refractivity contribution in [1.29, 1.82) is 0 Å². The van der Waals surface area contributed by atoms with Gasteiger partial charge in [-0.3, -0.25) is 9.69 Å². The normalized spacial score (nSPS) is 22.1. The fraction of sp³-hybridized carbons (Fsp3) is 0.917. The molecule has 5 heteroatoms. The largest absolute Gasteiger partial charge is 0.468 e. The number of morpholine rings is 1. The fourth-order valence-electron chi connectivity index (χ4n) is 2.11. The van der Waals surface area contributed by atoms with Gasteiger partial charge in [0.25, 0.3) is 0 Å². The third kappa shape index (κ3) is 3.94. The van der Waals surface area contributed by atoms with Gasteiger partial charge in [-0.25, -0.2) is 0 Å². The van der Waals surface area contributed by atoms with Crippen LogP contribution in [0.2, 0.25) is 0 Å². The molecule has 17 heavy (non-hydrogen) atoms. The van der Waals surface area contributed by atoms with Crippen LogP contribution in [0.15, 0.2) is 0 Å². The van der Waals surface area contributed by atoms with E-state index in [1.807, 2.05) is 0 Å². The number of nitrogens with one attached hydrogen (secondary N) is 1. The van der Waals surface area contributed by atoms with Crippen molar-refractivity contribution in [1.82, 2.24) is 10.2 Å². The summed E-state index contributed by atoms with van der Waals surface area (Å²) < 4.78 is 10.2. The van der Waals surface area contributed by atoms with Crippen molar-refractivity contribution in [2.24, 2.45) is 0 Å². The van der Waals surface area contributed by atoms with Crippen molar-refractivity contribution in [3.05, 3.63) is 0 Å². The average Bonchev–Trinajstić information content (AvgIpc) is 2.31. The molecule has 1 atom stereocenters. The lowest BCUT2D eigenvalue weighted by Crippen LogP contribution is -2.54. The molecule has 0 aromatic carbocycles. The quantitative estimate of drug-likeness (QED) is 0.703. The molecule has 1 N–H and O–H groups in total. The zero-order valence-corrected chi connectivity index (χ0v) is 11.3. The van der Waals surface area contributed by atoms with Crippen molar-refractivity contribution in [3.8, 4) is 0 Å². The van der Waals surface area contributed by atoms with E-state index in [1.54, 1.807) is 7.05 Å². The molecule has 1 aliphatic heterocycles. The maximum Gasteiger partial charge on any atom is 0.322 e. The average molecular weight is 244 g/mol. The number of carbonyl (C=O) groups is 1. The molecule has 100 valence electrons. The van der Waals surface area contributed by atoms with Gasteiger partial charge in [0.05, 0.1) is 20.3 Å². The van der Waals surface area contributed by atoms with Crippen LogP contribution in [0.4, 0.5) is 0 Å². The van der Waals surface area contributed by atoms with Gasteiger partial charge in [0.15, 0.2) is 0 Å². The number of carbonyl (C=O) groups excluding carboxylic acids is 1. The van der Waals surface area contributed by atoms with Gasteiger partial charge in [0.1, 0.15) is 6.04 Å². The van der Waals surface area contributed by atoms with E-state index < -0.39 is 0 Å². The maximum atomic E-state index is 11.4. The molecule has 1 aliphatic rings. The van der Waals surface area contributed by atoms with E-state index in [0.717, 1.165) is 32.7 Å². The first-order chi connectivity index (χ1) is 8.01. The molecule has 0 spiro atoms. The van der Waals surface area contributed by atoms with Gasteiger partial charge in [0.2, 0.25) is 0 Å². The van der Waals surface area contributed by atoms with Gasteiger partial charge in [0, 0.05) is 18.6 Å². The Morgan fingerprint density at radius 1 is 1.59 bits per heavy atom. The molecule has 0 aliphatic carbocycles. The van der Waals surface area contributed by atoms with E-state index in [4.69, 9.17) is 9.47 Å². The zero-order chi connectivity index (χ0) is 12.9. The Labute approximate surface area is 103 Å². The summed E-state index contributed by atoms with van der Waals surface area (Å²) in [6.45, 7) is 7.64. The first kappa shape index (κ1) is 14.4. The van der Waals surface area contributed by atoms with Gasteiger partial charge in [-0.2, -0.15) is 0 Å². The van der Waals surface area contributed by atoms with E-state index in [2.05, 4.69) is 24.1 Å². The highest BCUT2D eigenvalue weighted by Crippen LogP contribution is 2.19. The van der Waals surface area contributed by atoms with E-state index >= 15 is 0 Å². The van der Waals surface area contributed by atoms with Crippen LogP contribution >= 0.6 is 0 Å². The Morgan fingerprint density at radius 3 is 2.82 bits per heavy atom. The van der Waals surface area contributed by atoms with E-state index in [0.29, 0.717) is 0 Å². The number of rotatable bonds is 5. The van der Waals surface area contributed by atoms with Crippen LogP contribution in [0.3, 0.4) is 0 Å². The van der Waals surface area contributed by atoms with Crippen LogP contribution in [0.5, 0.6) is 0 Å². The number of hydrogen-bond donors (Lipinski definition) is 1. The summed E-state index contributed by atoms with van der Waals surface area (Å²) in [4.78, 5) is 13.8. The van der Waals surface area contributed by atoms with Crippen molar-refractivity contribution in [2.75, 3.05) is 40.5 Å². The lowest BCUT2D eigenvalue weighted by Gasteiger charge is -2.42. The zero-order valence-electron chi connectivity index (χ0n) is 11.3. The van der Waals surface area contributed by atoms with Crippen LogP contribution in [0.25, 0.3) is 0 Å². The highest BCUT2D eigenvalue weighted by atomic mass is 16.5. The second-order valence-electron chi connectivity index (χ2n) is 5.01. The summed E-state index contributed by atoms with van der Waals surface area (Å²) in [5, 5.41) is 2.99. The van der Waals surface area contributed by atoms with Gasteiger partial charge in [-0.15, -0.1) is 0 Å². The van der Waals surface area contributed by atoms with Crippen LogP contribution in [-0.2, 0) is 14.3 Å². The number of hydrogen-bond acceptors (Lipinski definition) is 5. The maximum absolute atomic E-state index is 11.4. The van der Waals surface area contributed by atoms with Crippen molar-refractivity contribution >= 4 is 5.97 Å². The molecule has 1 fully saturated rings. The van der Waals surface area contributed by atoms with Gasteiger partial charge in [-0.1, -0.05) is 0 Å². The number of nitrogens with zero attached hydrogens (tertiary/aromatic N) is 1. The third-order valence-corrected chi connectivity index (χ3v) is 3.34. The smallest absolute Gasteiger partial charge is 0.322 e. The molecule has 1 unspecified atom stereocenters. The predicted molar refractivity (Wildman–Crippen MR) is 66.0 cm³/mol. The molecule has 1 heterocycles. The van der Waals surface area contributed by atoms with Crippen LogP contribution in [-0.4, -0.2) is 62.9 Å². The summed E-state index contributed by atoms with van der Waals surface area (Å²) in [6.07, 6.45) is 0.757. The van der Waals surface area contributed by atoms with Crippen molar-refractivity contribution in [2.45, 2.75) is 31.8 Å². The third-order valence-electron chi connectivity index (χ3n) is 3.34. The molecule has 0 radical (unpaired) electrons. The Morgan fingerprint density at radius 2 is 2.29 bits per heavy atom. The Balaban J connectivity index is 2.45. The summed E-state index contributed by atoms with van der Waals surface area (Å²) in [6, 6.07) is -0.223. The molecule has 0 amide bonds. The molecular formula is C12H24N2O3. The standard InChI is InChI=1S/C12H24N2O3/c1-12(2)9-17-8-7-14(12)6-5-10(13-3)11(15)16-4/h10,13H,5-9H2,1-4H3. The lowest BCUT2D eigenvalue weighted by atomic mass is 10.0. The summed E-state index contributed by atoms with van der Waals surface area (Å²) in [7, 11) is 3.21. The molecule has 0 aromatic heterocycles. The summed E-state index contributed by atoms with van der Waals surface area (Å²) in [5.41, 5.74) is 0.0483. The summed E-state index contributed by atoms with van der Waals surface area (Å²) in [5.74, 6) is -0.196. The molecule has 5 nitrogen and oxygen atoms in total. The Kier molecular flexibility index (Phi) is 5.36. The van der Waals surface area contributed by atoms with E-state index in [9.17, 15) is 4.79 Å². The number of methoxy groups -OCH3 is 1. The van der Waals surface area contributed by atoms with Crippen molar-refractivity contribution < 1.29 is 14.3 Å². The molecule has 1 saturated heterocycles. The minimum Gasteiger partial charge on any atom is -0.468 e. The fourth-order valence-corrected chi connectivity index (χ4v) is 2.11. The predicted octanol–water partition coefficient (Wildman–Crippen LogP) is 0.248. The molecule has 0 saturated carbocycles. The van der Waals surface area contributed by atoms with Gasteiger partial charge >= 0.3 is 5.97 Å². The molecule has 0 aromatic rings. The van der Waals surface area contributed by atoms with Crippen LogP contribution in [0, 0.1) is 0 Å². The number of esters is 1. The lowest BCUT2D eigenvalue weighted by molar-refractivity contribution is -0.143. The SMILES string of the molecule is CNC(CCN1CCOCC1(C)C)C(=O)OC. The van der Waals surface area contributed by atoms with Crippen LogP contribution in [0.1, 0.15) is 20.3 Å². The first-order valence-corrected chi connectivity index (χ1v) is 6.09. The highest BCUT2D eigenvalue weighted by Gasteiger charge is 2.31. The Bertz CT molecular complexity index is 256. The first-order valence-electron chi connectivity index (χ1n) is 6.09. The van der Waals surface area contributed by atoms with E-state index in [1.165, 1.54) is 7.11 Å². The van der Waals surface area contributed by atoms with Gasteiger partial charge < -0.3 is 14.8 Å². The minimum atomic E-state index is -0.223. The molecular weight excluding hydrogens is 220 g/mol. The van der Waals surface area contributed by atoms with Crippen LogP contribution < -0.4 is 5.32 Å². The Hall–Kier alpha value is -0.650. The van der Waals surface area contributed by atoms with E-state index in [-0.39, 0.29) is 17.6 Å². The minimum absolute atomic E-state index is 0.0483. The topological polar surface area (TPSA) is 50.8 Å². The number of ether oxygens (including phenoxy) is 2. The second-order valence-corrected chi connectivity index (χ2v) is 5.01. The number of likely N-dealkylation sites (N-methyl/N-ethyl adjacent to an activating group) is 1. The highest BCUT2D eigenvalue weighted by molar-refractivity contribution is 5.75. The monoisotopic (exact) mass is 244 g/mol. The molecule has 1 rings (SSSR count). The second kappa shape index (κ2) is 6.33. The molecule has 0 bridgehead atoms. The summed E-state index contributed by atoms with van der Waals surface area (Å²) >= 11 is 0. The van der Waals surface area contributed by atoms with Gasteiger partial charge in [-0.05, 0) is 27.3 Å².